The number of fused-ring (bicyclic) bond motifs is 1. The van der Waals surface area contributed by atoms with Crippen LogP contribution >= 0.6 is 0 Å². The van der Waals surface area contributed by atoms with E-state index in [0.717, 1.165) is 43.8 Å². The van der Waals surface area contributed by atoms with Crippen molar-refractivity contribution in [3.63, 3.8) is 0 Å². The number of alkyl halides is 3. The number of piperidine rings is 1. The SMILES string of the molecule is O=C(O)C(F)(F)F.OCCc1cn(C2CCN(Cc3ccc4occc4c3)CC2)nn1. The van der Waals surface area contributed by atoms with Crippen LogP contribution in [0.15, 0.2) is 41.1 Å². The molecular formula is C20H23F3N4O4. The summed E-state index contributed by atoms with van der Waals surface area (Å²) in [5, 5.41) is 25.6. The summed E-state index contributed by atoms with van der Waals surface area (Å²) < 4.78 is 39.1. The predicted molar refractivity (Wildman–Crippen MR) is 104 cm³/mol. The first-order chi connectivity index (χ1) is 14.8. The van der Waals surface area contributed by atoms with Crippen molar-refractivity contribution in [1.29, 1.82) is 0 Å². The molecule has 3 aromatic rings. The number of hydrogen-bond acceptors (Lipinski definition) is 6. The number of carbonyl (C=O) groups is 1. The minimum atomic E-state index is -5.08. The van der Waals surface area contributed by atoms with Gasteiger partial charge in [-0.25, -0.2) is 9.48 Å². The predicted octanol–water partition coefficient (Wildman–Crippen LogP) is 3.03. The first-order valence-electron chi connectivity index (χ1n) is 9.76. The number of aliphatic hydroxyl groups excluding tert-OH is 1. The lowest BCUT2D eigenvalue weighted by Crippen LogP contribution is -2.34. The lowest BCUT2D eigenvalue weighted by molar-refractivity contribution is -0.192. The molecule has 2 N–H and O–H groups in total. The van der Waals surface area contributed by atoms with Gasteiger partial charge in [0.25, 0.3) is 0 Å². The second-order valence-electron chi connectivity index (χ2n) is 7.27. The van der Waals surface area contributed by atoms with E-state index >= 15 is 0 Å². The van der Waals surface area contributed by atoms with Gasteiger partial charge in [0.15, 0.2) is 0 Å². The van der Waals surface area contributed by atoms with Gasteiger partial charge >= 0.3 is 12.1 Å². The van der Waals surface area contributed by atoms with Crippen molar-refractivity contribution in [3.8, 4) is 0 Å². The van der Waals surface area contributed by atoms with E-state index in [4.69, 9.17) is 19.4 Å². The van der Waals surface area contributed by atoms with Crippen LogP contribution in [-0.2, 0) is 17.8 Å². The number of rotatable bonds is 5. The van der Waals surface area contributed by atoms with Gasteiger partial charge in [0.1, 0.15) is 5.58 Å². The zero-order valence-electron chi connectivity index (χ0n) is 16.6. The third kappa shape index (κ3) is 6.28. The topological polar surface area (TPSA) is 105 Å². The Morgan fingerprint density at radius 3 is 2.58 bits per heavy atom. The molecule has 31 heavy (non-hydrogen) atoms. The molecule has 1 fully saturated rings. The minimum Gasteiger partial charge on any atom is -0.475 e. The standard InChI is InChI=1S/C18H22N4O2.C2HF3O2/c23-9-5-16-13-22(20-19-16)17-3-7-21(8-4-17)12-14-1-2-18-15(11-14)6-10-24-18;3-2(4,5)1(6)7/h1-2,6,10-11,13,17,23H,3-5,7-9,12H2;(H,6,7). The Bertz CT molecular complexity index is 994. The van der Waals surface area contributed by atoms with E-state index in [9.17, 15) is 13.2 Å². The Morgan fingerprint density at radius 1 is 1.23 bits per heavy atom. The Balaban J connectivity index is 0.000000339. The third-order valence-corrected chi connectivity index (χ3v) is 5.02. The Hall–Kier alpha value is -2.92. The van der Waals surface area contributed by atoms with Crippen molar-refractivity contribution < 1.29 is 32.6 Å². The van der Waals surface area contributed by atoms with Crippen LogP contribution in [0, 0.1) is 0 Å². The van der Waals surface area contributed by atoms with E-state index in [1.165, 1.54) is 10.9 Å². The van der Waals surface area contributed by atoms with Crippen molar-refractivity contribution in [2.75, 3.05) is 19.7 Å². The molecule has 3 heterocycles. The summed E-state index contributed by atoms with van der Waals surface area (Å²) in [6.45, 7) is 3.21. The van der Waals surface area contributed by atoms with Crippen molar-refractivity contribution in [3.05, 3.63) is 48.0 Å². The van der Waals surface area contributed by atoms with Gasteiger partial charge in [-0.1, -0.05) is 11.3 Å². The molecule has 1 aliphatic heterocycles. The molecule has 11 heteroatoms. The molecule has 168 valence electrons. The second-order valence-corrected chi connectivity index (χ2v) is 7.27. The average molecular weight is 440 g/mol. The van der Waals surface area contributed by atoms with E-state index in [2.05, 4.69) is 33.4 Å². The molecule has 1 aliphatic rings. The minimum absolute atomic E-state index is 0.123. The van der Waals surface area contributed by atoms with Crippen LogP contribution < -0.4 is 0 Å². The molecular weight excluding hydrogens is 417 g/mol. The molecule has 0 atom stereocenters. The van der Waals surface area contributed by atoms with Gasteiger partial charge < -0.3 is 14.6 Å². The molecule has 0 amide bonds. The zero-order chi connectivity index (χ0) is 22.4. The normalized spacial score (nSPS) is 15.6. The number of likely N-dealkylation sites (tertiary alicyclic amines) is 1. The van der Waals surface area contributed by atoms with Gasteiger partial charge in [-0.2, -0.15) is 13.2 Å². The van der Waals surface area contributed by atoms with Gasteiger partial charge in [0, 0.05) is 44.2 Å². The fourth-order valence-electron chi connectivity index (χ4n) is 3.44. The monoisotopic (exact) mass is 440 g/mol. The summed E-state index contributed by atoms with van der Waals surface area (Å²) in [6.07, 6.45) is 1.37. The number of benzene rings is 1. The van der Waals surface area contributed by atoms with Crippen LogP contribution in [-0.4, -0.2) is 61.9 Å². The maximum atomic E-state index is 10.6. The summed E-state index contributed by atoms with van der Waals surface area (Å²) in [7, 11) is 0. The molecule has 0 spiro atoms. The molecule has 0 radical (unpaired) electrons. The van der Waals surface area contributed by atoms with E-state index in [0.29, 0.717) is 12.5 Å². The molecule has 0 bridgehead atoms. The van der Waals surface area contributed by atoms with Crippen molar-refractivity contribution in [2.24, 2.45) is 0 Å². The maximum Gasteiger partial charge on any atom is 0.490 e. The van der Waals surface area contributed by atoms with Gasteiger partial charge in [0.05, 0.1) is 18.0 Å². The van der Waals surface area contributed by atoms with Gasteiger partial charge in [-0.15, -0.1) is 5.10 Å². The molecule has 1 aromatic carbocycles. The number of furan rings is 1. The number of carboxylic acids is 1. The number of carboxylic acid groups (broad SMARTS) is 1. The lowest BCUT2D eigenvalue weighted by atomic mass is 10.0. The average Bonchev–Trinajstić information content (AvgIpc) is 3.38. The molecule has 4 rings (SSSR count). The van der Waals surface area contributed by atoms with Crippen molar-refractivity contribution >= 4 is 16.9 Å². The van der Waals surface area contributed by atoms with Crippen LogP contribution in [0.1, 0.15) is 30.1 Å². The Morgan fingerprint density at radius 2 is 1.94 bits per heavy atom. The number of aliphatic carboxylic acids is 1. The number of nitrogens with zero attached hydrogens (tertiary/aromatic N) is 4. The smallest absolute Gasteiger partial charge is 0.475 e. The van der Waals surface area contributed by atoms with Crippen LogP contribution in [0.5, 0.6) is 0 Å². The van der Waals surface area contributed by atoms with E-state index in [1.54, 1.807) is 6.26 Å². The quantitative estimate of drug-likeness (QED) is 0.628. The summed E-state index contributed by atoms with van der Waals surface area (Å²) in [5.74, 6) is -2.76. The highest BCUT2D eigenvalue weighted by Gasteiger charge is 2.38. The molecule has 8 nitrogen and oxygen atoms in total. The number of aromatic nitrogens is 3. The maximum absolute atomic E-state index is 10.6. The van der Waals surface area contributed by atoms with Crippen LogP contribution in [0.2, 0.25) is 0 Å². The zero-order valence-corrected chi connectivity index (χ0v) is 16.6. The summed E-state index contributed by atoms with van der Waals surface area (Å²) >= 11 is 0. The van der Waals surface area contributed by atoms with E-state index in [-0.39, 0.29) is 6.61 Å². The molecule has 0 unspecified atom stereocenters. The van der Waals surface area contributed by atoms with Gasteiger partial charge in [-0.3, -0.25) is 4.90 Å². The number of hydrogen-bond donors (Lipinski definition) is 2. The van der Waals surface area contributed by atoms with Crippen LogP contribution in [0.25, 0.3) is 11.0 Å². The highest BCUT2D eigenvalue weighted by Crippen LogP contribution is 2.24. The van der Waals surface area contributed by atoms with Gasteiger partial charge in [-0.05, 0) is 36.6 Å². The van der Waals surface area contributed by atoms with Crippen LogP contribution in [0.3, 0.4) is 0 Å². The molecule has 0 saturated carbocycles. The summed E-state index contributed by atoms with van der Waals surface area (Å²) in [6, 6.07) is 8.84. The van der Waals surface area contributed by atoms with Gasteiger partial charge in [0.2, 0.25) is 0 Å². The van der Waals surface area contributed by atoms with Crippen molar-refractivity contribution in [2.45, 2.75) is 38.0 Å². The summed E-state index contributed by atoms with van der Waals surface area (Å²) in [4.78, 5) is 11.4. The molecule has 2 aromatic heterocycles. The first-order valence-corrected chi connectivity index (χ1v) is 9.76. The Kier molecular flexibility index (Phi) is 7.29. The van der Waals surface area contributed by atoms with Crippen LogP contribution in [0.4, 0.5) is 13.2 Å². The number of halogens is 3. The largest absolute Gasteiger partial charge is 0.490 e. The second kappa shape index (κ2) is 9.92. The fraction of sp³-hybridized carbons (Fsp3) is 0.450. The highest BCUT2D eigenvalue weighted by molar-refractivity contribution is 5.77. The summed E-state index contributed by atoms with van der Waals surface area (Å²) in [5.41, 5.74) is 3.14. The van der Waals surface area contributed by atoms with Crippen molar-refractivity contribution in [1.82, 2.24) is 19.9 Å². The Labute approximate surface area is 175 Å². The van der Waals surface area contributed by atoms with E-state index in [1.807, 2.05) is 16.9 Å². The molecule has 0 aliphatic carbocycles. The molecule has 1 saturated heterocycles. The highest BCUT2D eigenvalue weighted by atomic mass is 19.4. The fourth-order valence-corrected chi connectivity index (χ4v) is 3.44. The number of aliphatic hydroxyl groups is 1. The lowest BCUT2D eigenvalue weighted by Gasteiger charge is -2.31. The first kappa shape index (κ1) is 22.8. The third-order valence-electron chi connectivity index (χ3n) is 5.02. The van der Waals surface area contributed by atoms with E-state index < -0.39 is 12.1 Å².